The van der Waals surface area contributed by atoms with Gasteiger partial charge >= 0.3 is 0 Å². The van der Waals surface area contributed by atoms with Gasteiger partial charge in [-0.3, -0.25) is 4.79 Å². The average molecular weight is 372 g/mol. The zero-order chi connectivity index (χ0) is 19.4. The third-order valence-electron chi connectivity index (χ3n) is 5.65. The van der Waals surface area contributed by atoms with Crippen LogP contribution in [0.3, 0.4) is 0 Å². The molecule has 1 aromatic heterocycles. The predicted molar refractivity (Wildman–Crippen MR) is 109 cm³/mol. The quantitative estimate of drug-likeness (QED) is 0.769. The molecule has 2 aliphatic rings. The van der Waals surface area contributed by atoms with Gasteiger partial charge in [-0.15, -0.1) is 0 Å². The van der Waals surface area contributed by atoms with Crippen molar-refractivity contribution in [3.05, 3.63) is 24.2 Å². The van der Waals surface area contributed by atoms with E-state index in [1.807, 2.05) is 4.90 Å². The molecule has 2 heterocycles. The molecule has 0 aromatic carbocycles. The number of amides is 1. The minimum Gasteiger partial charge on any atom is -0.399 e. The number of anilines is 1. The minimum absolute atomic E-state index is 0.289. The standard InChI is InChI=1S/C21H33N5O/c1-14(2)11-20(27)26-9-7-16(8-10-26)12-19-23-13-18(15(3)22)21(25-19)24-17-5-4-6-17/h13-14,16-17H,3-12,22H2,1-2H3,(H,23,24,25). The van der Waals surface area contributed by atoms with Crippen molar-refractivity contribution in [2.75, 3.05) is 18.4 Å². The summed E-state index contributed by atoms with van der Waals surface area (Å²) in [6.07, 6.45) is 8.96. The summed E-state index contributed by atoms with van der Waals surface area (Å²) in [4.78, 5) is 23.5. The van der Waals surface area contributed by atoms with Gasteiger partial charge in [0.05, 0.1) is 5.56 Å². The lowest BCUT2D eigenvalue weighted by molar-refractivity contribution is -0.133. The molecule has 6 nitrogen and oxygen atoms in total. The Kier molecular flexibility index (Phi) is 6.34. The number of nitrogens with one attached hydrogen (secondary N) is 1. The van der Waals surface area contributed by atoms with Crippen molar-refractivity contribution in [2.24, 2.45) is 17.6 Å². The first kappa shape index (κ1) is 19.6. The number of piperidine rings is 1. The summed E-state index contributed by atoms with van der Waals surface area (Å²) in [5.74, 6) is 2.91. The van der Waals surface area contributed by atoms with Crippen LogP contribution in [-0.2, 0) is 11.2 Å². The van der Waals surface area contributed by atoms with Gasteiger partial charge in [-0.25, -0.2) is 9.97 Å². The maximum absolute atomic E-state index is 12.2. The molecule has 0 spiro atoms. The lowest BCUT2D eigenvalue weighted by Crippen LogP contribution is -2.39. The monoisotopic (exact) mass is 371 g/mol. The highest BCUT2D eigenvalue weighted by Gasteiger charge is 2.25. The number of hydrogen-bond donors (Lipinski definition) is 2. The number of likely N-dealkylation sites (tertiary alicyclic amines) is 1. The van der Waals surface area contributed by atoms with Crippen molar-refractivity contribution in [1.29, 1.82) is 0 Å². The molecule has 27 heavy (non-hydrogen) atoms. The Morgan fingerprint density at radius 3 is 2.59 bits per heavy atom. The normalized spacial score (nSPS) is 18.4. The molecule has 1 saturated heterocycles. The van der Waals surface area contributed by atoms with E-state index in [2.05, 4.69) is 30.7 Å². The third kappa shape index (κ3) is 5.21. The van der Waals surface area contributed by atoms with Crippen molar-refractivity contribution in [2.45, 2.75) is 64.8 Å². The maximum atomic E-state index is 12.2. The van der Waals surface area contributed by atoms with Gasteiger partial charge in [-0.1, -0.05) is 20.4 Å². The lowest BCUT2D eigenvalue weighted by atomic mass is 9.92. The highest BCUT2D eigenvalue weighted by Crippen LogP contribution is 2.27. The van der Waals surface area contributed by atoms with E-state index in [-0.39, 0.29) is 5.91 Å². The molecule has 3 rings (SSSR count). The van der Waals surface area contributed by atoms with Crippen LogP contribution in [0.1, 0.15) is 63.8 Å². The molecule has 1 aliphatic carbocycles. The molecule has 0 unspecified atom stereocenters. The molecular weight excluding hydrogens is 338 g/mol. The number of nitrogens with two attached hydrogens (primary N) is 1. The summed E-state index contributed by atoms with van der Waals surface area (Å²) in [7, 11) is 0. The molecule has 1 amide bonds. The summed E-state index contributed by atoms with van der Waals surface area (Å²) >= 11 is 0. The van der Waals surface area contributed by atoms with Crippen LogP contribution >= 0.6 is 0 Å². The molecule has 2 fully saturated rings. The molecule has 1 aliphatic heterocycles. The Hall–Kier alpha value is -2.11. The second-order valence-corrected chi connectivity index (χ2v) is 8.47. The van der Waals surface area contributed by atoms with Gasteiger partial charge in [0, 0.05) is 43.9 Å². The topological polar surface area (TPSA) is 84.1 Å². The van der Waals surface area contributed by atoms with Crippen molar-refractivity contribution in [1.82, 2.24) is 14.9 Å². The zero-order valence-electron chi connectivity index (χ0n) is 16.7. The van der Waals surface area contributed by atoms with E-state index in [1.165, 1.54) is 19.3 Å². The first-order valence-corrected chi connectivity index (χ1v) is 10.3. The maximum Gasteiger partial charge on any atom is 0.222 e. The summed E-state index contributed by atoms with van der Waals surface area (Å²) < 4.78 is 0. The van der Waals surface area contributed by atoms with Crippen molar-refractivity contribution in [3.8, 4) is 0 Å². The third-order valence-corrected chi connectivity index (χ3v) is 5.65. The van der Waals surface area contributed by atoms with Crippen LogP contribution in [0.4, 0.5) is 5.82 Å². The molecule has 1 saturated carbocycles. The Morgan fingerprint density at radius 1 is 1.33 bits per heavy atom. The van der Waals surface area contributed by atoms with Crippen LogP contribution in [0.5, 0.6) is 0 Å². The molecule has 1 aromatic rings. The summed E-state index contributed by atoms with van der Waals surface area (Å²) in [5, 5.41) is 3.50. The Morgan fingerprint density at radius 2 is 2.04 bits per heavy atom. The van der Waals surface area contributed by atoms with Crippen LogP contribution in [0.2, 0.25) is 0 Å². The molecule has 0 atom stereocenters. The van der Waals surface area contributed by atoms with E-state index in [1.54, 1.807) is 6.20 Å². The van der Waals surface area contributed by atoms with Gasteiger partial charge in [0.1, 0.15) is 11.6 Å². The highest BCUT2D eigenvalue weighted by atomic mass is 16.2. The second-order valence-electron chi connectivity index (χ2n) is 8.47. The summed E-state index contributed by atoms with van der Waals surface area (Å²) in [6, 6.07) is 0.487. The Balaban J connectivity index is 1.58. The van der Waals surface area contributed by atoms with Crippen LogP contribution in [-0.4, -0.2) is 39.9 Å². The van der Waals surface area contributed by atoms with Gasteiger partial charge in [0.25, 0.3) is 0 Å². The summed E-state index contributed by atoms with van der Waals surface area (Å²) in [5.41, 5.74) is 7.22. The smallest absolute Gasteiger partial charge is 0.222 e. The van der Waals surface area contributed by atoms with Gasteiger partial charge < -0.3 is 16.0 Å². The number of carbonyl (C=O) groups excluding carboxylic acids is 1. The number of nitrogens with zero attached hydrogens (tertiary/aromatic N) is 3. The SMILES string of the molecule is C=C(N)c1cnc(CC2CCN(C(=O)CC(C)C)CC2)nc1NC1CCC1. The average Bonchev–Trinajstić information content (AvgIpc) is 2.58. The second kappa shape index (κ2) is 8.72. The van der Waals surface area contributed by atoms with E-state index in [9.17, 15) is 4.79 Å². The molecule has 3 N–H and O–H groups in total. The van der Waals surface area contributed by atoms with E-state index >= 15 is 0 Å². The fraction of sp³-hybridized carbons (Fsp3) is 0.667. The Labute approximate surface area is 162 Å². The number of carbonyl (C=O) groups is 1. The van der Waals surface area contributed by atoms with Crippen LogP contribution < -0.4 is 11.1 Å². The fourth-order valence-electron chi connectivity index (χ4n) is 3.73. The Bertz CT molecular complexity index is 675. The number of aromatic nitrogens is 2. The van der Waals surface area contributed by atoms with E-state index in [0.717, 1.165) is 49.6 Å². The fourth-order valence-corrected chi connectivity index (χ4v) is 3.73. The van der Waals surface area contributed by atoms with E-state index in [0.29, 0.717) is 30.0 Å². The minimum atomic E-state index is 0.289. The van der Waals surface area contributed by atoms with Gasteiger partial charge in [-0.2, -0.15) is 0 Å². The molecule has 148 valence electrons. The number of rotatable bonds is 7. The lowest BCUT2D eigenvalue weighted by Gasteiger charge is -2.32. The van der Waals surface area contributed by atoms with Gasteiger partial charge in [0.15, 0.2) is 0 Å². The highest BCUT2D eigenvalue weighted by molar-refractivity contribution is 5.76. The van der Waals surface area contributed by atoms with Crippen LogP contribution in [0.15, 0.2) is 12.8 Å². The van der Waals surface area contributed by atoms with Crippen molar-refractivity contribution < 1.29 is 4.79 Å². The van der Waals surface area contributed by atoms with Crippen molar-refractivity contribution >= 4 is 17.4 Å². The summed E-state index contributed by atoms with van der Waals surface area (Å²) in [6.45, 7) is 9.73. The molecular formula is C21H33N5O. The number of hydrogen-bond acceptors (Lipinski definition) is 5. The van der Waals surface area contributed by atoms with Crippen LogP contribution in [0.25, 0.3) is 5.70 Å². The first-order chi connectivity index (χ1) is 12.9. The zero-order valence-corrected chi connectivity index (χ0v) is 16.7. The first-order valence-electron chi connectivity index (χ1n) is 10.3. The molecule has 6 heteroatoms. The van der Waals surface area contributed by atoms with Gasteiger partial charge in [-0.05, 0) is 43.9 Å². The van der Waals surface area contributed by atoms with Crippen molar-refractivity contribution in [3.63, 3.8) is 0 Å². The molecule has 0 bridgehead atoms. The van der Waals surface area contributed by atoms with E-state index < -0.39 is 0 Å². The molecule has 0 radical (unpaired) electrons. The van der Waals surface area contributed by atoms with Gasteiger partial charge in [0.2, 0.25) is 5.91 Å². The largest absolute Gasteiger partial charge is 0.399 e. The van der Waals surface area contributed by atoms with E-state index in [4.69, 9.17) is 10.7 Å². The predicted octanol–water partition coefficient (Wildman–Crippen LogP) is 3.20. The van der Waals surface area contributed by atoms with Crippen LogP contribution in [0, 0.1) is 11.8 Å².